The largest absolute Gasteiger partial charge is 0.422 e. The molecule has 1 aromatic rings. The lowest BCUT2D eigenvalue weighted by molar-refractivity contribution is -0.264. The third-order valence-electron chi connectivity index (χ3n) is 2.22. The van der Waals surface area contributed by atoms with Crippen molar-refractivity contribution in [3.8, 4) is 0 Å². The van der Waals surface area contributed by atoms with Gasteiger partial charge in [-0.05, 0) is 13.1 Å². The Balaban J connectivity index is 3.28. The lowest BCUT2D eigenvalue weighted by Gasteiger charge is -2.31. The number of likely N-dealkylation sites (N-methyl/N-ethyl adjacent to an activating group) is 1. The molecule has 2 nitrogen and oxygen atoms in total. The molecule has 0 radical (unpaired) electrons. The minimum absolute atomic E-state index is 0.197. The number of aliphatic hydroxyl groups is 1. The summed E-state index contributed by atoms with van der Waals surface area (Å²) >= 11 is 3.01. The highest BCUT2D eigenvalue weighted by molar-refractivity contribution is 9.10. The molecule has 0 fully saturated rings. The summed E-state index contributed by atoms with van der Waals surface area (Å²) in [6, 6.07) is 5.74. The molecule has 0 aliphatic carbocycles. The van der Waals surface area contributed by atoms with Crippen LogP contribution in [0.2, 0.25) is 0 Å². The maximum Gasteiger partial charge on any atom is 0.422 e. The minimum atomic E-state index is -4.74. The molecule has 1 rings (SSSR count). The Hall–Kier alpha value is -0.590. The fraction of sp³-hybridized carbons (Fsp3) is 0.400. The first-order chi connectivity index (χ1) is 7.33. The number of alkyl halides is 3. The smallest absolute Gasteiger partial charge is 0.375 e. The van der Waals surface area contributed by atoms with Crippen molar-refractivity contribution < 1.29 is 18.3 Å². The molecule has 6 heteroatoms. The van der Waals surface area contributed by atoms with Gasteiger partial charge in [0, 0.05) is 16.6 Å². The van der Waals surface area contributed by atoms with Gasteiger partial charge in [-0.1, -0.05) is 34.1 Å². The summed E-state index contributed by atoms with van der Waals surface area (Å²) in [6.07, 6.45) is -4.74. The van der Waals surface area contributed by atoms with E-state index in [2.05, 4.69) is 21.2 Å². The van der Waals surface area contributed by atoms with Crippen LogP contribution in [0.1, 0.15) is 5.56 Å². The molecule has 0 spiro atoms. The Bertz CT molecular complexity index is 369. The van der Waals surface area contributed by atoms with Gasteiger partial charge in [-0.2, -0.15) is 13.2 Å². The fourth-order valence-corrected chi connectivity index (χ4v) is 2.01. The van der Waals surface area contributed by atoms with Crippen molar-refractivity contribution in [2.75, 3.05) is 13.6 Å². The third kappa shape index (κ3) is 2.39. The van der Waals surface area contributed by atoms with Gasteiger partial charge in [0.2, 0.25) is 0 Å². The fourth-order valence-electron chi connectivity index (χ4n) is 1.40. The zero-order valence-electron chi connectivity index (χ0n) is 8.48. The third-order valence-corrected chi connectivity index (χ3v) is 2.91. The summed E-state index contributed by atoms with van der Waals surface area (Å²) in [6.45, 7) is -0.598. The summed E-state index contributed by atoms with van der Waals surface area (Å²) in [5.41, 5.74) is -3.08. The monoisotopic (exact) mass is 297 g/mol. The van der Waals surface area contributed by atoms with Crippen LogP contribution in [-0.2, 0) is 5.60 Å². The maximum absolute atomic E-state index is 12.8. The van der Waals surface area contributed by atoms with Crippen molar-refractivity contribution in [1.82, 2.24) is 5.32 Å². The molecule has 1 unspecified atom stereocenters. The summed E-state index contributed by atoms with van der Waals surface area (Å²) < 4.78 is 38.8. The Morgan fingerprint density at radius 2 is 1.88 bits per heavy atom. The minimum Gasteiger partial charge on any atom is -0.375 e. The Kier molecular flexibility index (Phi) is 3.98. The zero-order chi connectivity index (χ0) is 12.4. The topological polar surface area (TPSA) is 32.3 Å². The molecule has 1 atom stereocenters. The molecule has 0 bridgehead atoms. The molecule has 16 heavy (non-hydrogen) atoms. The molecule has 0 amide bonds. The van der Waals surface area contributed by atoms with Crippen LogP contribution in [0.5, 0.6) is 0 Å². The van der Waals surface area contributed by atoms with E-state index in [-0.39, 0.29) is 10.0 Å². The molecule has 0 heterocycles. The van der Waals surface area contributed by atoms with E-state index in [9.17, 15) is 18.3 Å². The van der Waals surface area contributed by atoms with Crippen molar-refractivity contribution in [2.24, 2.45) is 0 Å². The van der Waals surface area contributed by atoms with E-state index in [0.717, 1.165) is 0 Å². The average molecular weight is 298 g/mol. The molecule has 2 N–H and O–H groups in total. The molecular weight excluding hydrogens is 287 g/mol. The van der Waals surface area contributed by atoms with Crippen molar-refractivity contribution in [3.05, 3.63) is 34.3 Å². The maximum atomic E-state index is 12.8. The van der Waals surface area contributed by atoms with Crippen molar-refractivity contribution in [2.45, 2.75) is 11.8 Å². The van der Waals surface area contributed by atoms with Crippen LogP contribution in [0, 0.1) is 0 Å². The van der Waals surface area contributed by atoms with Crippen LogP contribution in [0.4, 0.5) is 13.2 Å². The van der Waals surface area contributed by atoms with Crippen LogP contribution < -0.4 is 5.32 Å². The summed E-state index contributed by atoms with van der Waals surface area (Å²) in [7, 11) is 1.35. The highest BCUT2D eigenvalue weighted by Crippen LogP contribution is 2.41. The van der Waals surface area contributed by atoms with Crippen molar-refractivity contribution in [3.63, 3.8) is 0 Å². The molecule has 1 aromatic carbocycles. The van der Waals surface area contributed by atoms with Gasteiger partial charge in [-0.25, -0.2) is 0 Å². The first-order valence-electron chi connectivity index (χ1n) is 4.51. The SMILES string of the molecule is CNCC(O)(c1ccccc1Br)C(F)(F)F. The van der Waals surface area contributed by atoms with E-state index in [4.69, 9.17) is 0 Å². The van der Waals surface area contributed by atoms with Gasteiger partial charge in [0.15, 0.2) is 5.60 Å². The van der Waals surface area contributed by atoms with E-state index in [1.54, 1.807) is 6.07 Å². The van der Waals surface area contributed by atoms with E-state index >= 15 is 0 Å². The molecule has 0 aliphatic rings. The Morgan fingerprint density at radius 3 is 2.31 bits per heavy atom. The predicted molar refractivity (Wildman–Crippen MR) is 58.0 cm³/mol. The van der Waals surface area contributed by atoms with Gasteiger partial charge >= 0.3 is 6.18 Å². The molecular formula is C10H11BrF3NO. The van der Waals surface area contributed by atoms with Crippen LogP contribution >= 0.6 is 15.9 Å². The summed E-state index contributed by atoms with van der Waals surface area (Å²) in [4.78, 5) is 0. The van der Waals surface area contributed by atoms with Crippen molar-refractivity contribution >= 4 is 15.9 Å². The van der Waals surface area contributed by atoms with E-state index in [1.807, 2.05) is 0 Å². The Morgan fingerprint density at radius 1 is 1.31 bits per heavy atom. The second-order valence-corrected chi connectivity index (χ2v) is 4.22. The van der Waals surface area contributed by atoms with Crippen LogP contribution in [0.3, 0.4) is 0 Å². The molecule has 0 saturated carbocycles. The summed E-state index contributed by atoms with van der Waals surface area (Å²) in [5, 5.41) is 12.1. The highest BCUT2D eigenvalue weighted by atomic mass is 79.9. The van der Waals surface area contributed by atoms with E-state index in [1.165, 1.54) is 25.2 Å². The average Bonchev–Trinajstić information content (AvgIpc) is 2.16. The lowest BCUT2D eigenvalue weighted by atomic mass is 9.93. The predicted octanol–water partition coefficient (Wildman–Crippen LogP) is 2.42. The number of rotatable bonds is 3. The van der Waals surface area contributed by atoms with E-state index < -0.39 is 18.3 Å². The molecule has 0 aromatic heterocycles. The van der Waals surface area contributed by atoms with Crippen LogP contribution in [0.25, 0.3) is 0 Å². The molecule has 0 saturated heterocycles. The number of benzene rings is 1. The highest BCUT2D eigenvalue weighted by Gasteiger charge is 2.55. The second kappa shape index (κ2) is 4.73. The van der Waals surface area contributed by atoms with Crippen LogP contribution in [0.15, 0.2) is 28.7 Å². The van der Waals surface area contributed by atoms with Crippen LogP contribution in [-0.4, -0.2) is 24.9 Å². The van der Waals surface area contributed by atoms with Gasteiger partial charge in [-0.15, -0.1) is 0 Å². The lowest BCUT2D eigenvalue weighted by Crippen LogP contribution is -2.49. The van der Waals surface area contributed by atoms with Gasteiger partial charge in [0.1, 0.15) is 0 Å². The van der Waals surface area contributed by atoms with Gasteiger partial charge < -0.3 is 10.4 Å². The van der Waals surface area contributed by atoms with Crippen molar-refractivity contribution in [1.29, 1.82) is 0 Å². The first kappa shape index (κ1) is 13.5. The number of hydrogen-bond acceptors (Lipinski definition) is 2. The van der Waals surface area contributed by atoms with Gasteiger partial charge in [0.25, 0.3) is 0 Å². The van der Waals surface area contributed by atoms with Gasteiger partial charge in [0.05, 0.1) is 0 Å². The normalized spacial score (nSPS) is 15.9. The zero-order valence-corrected chi connectivity index (χ0v) is 10.1. The second-order valence-electron chi connectivity index (χ2n) is 3.37. The molecule has 0 aliphatic heterocycles. The Labute approximate surface area is 99.6 Å². The molecule has 90 valence electrons. The number of hydrogen-bond donors (Lipinski definition) is 2. The first-order valence-corrected chi connectivity index (χ1v) is 5.31. The van der Waals surface area contributed by atoms with E-state index in [0.29, 0.717) is 0 Å². The number of halogens is 4. The van der Waals surface area contributed by atoms with Gasteiger partial charge in [-0.3, -0.25) is 0 Å². The quantitative estimate of drug-likeness (QED) is 0.898. The summed E-state index contributed by atoms with van der Waals surface area (Å²) in [5.74, 6) is 0. The number of nitrogens with one attached hydrogen (secondary N) is 1. The standard InChI is InChI=1S/C10H11BrF3NO/c1-15-6-9(16,10(12,13)14)7-4-2-3-5-8(7)11/h2-5,15-16H,6H2,1H3.